The highest BCUT2D eigenvalue weighted by Gasteiger charge is 2.44. The topological polar surface area (TPSA) is 116 Å². The summed E-state index contributed by atoms with van der Waals surface area (Å²) in [6.45, 7) is 7.87. The van der Waals surface area contributed by atoms with Gasteiger partial charge in [0.25, 0.3) is 5.56 Å². The fourth-order valence-corrected chi connectivity index (χ4v) is 5.11. The molecule has 37 heavy (non-hydrogen) atoms. The van der Waals surface area contributed by atoms with E-state index in [1.165, 1.54) is 4.90 Å². The van der Waals surface area contributed by atoms with Gasteiger partial charge < -0.3 is 19.7 Å². The Kier molecular flexibility index (Phi) is 7.94. The van der Waals surface area contributed by atoms with Crippen LogP contribution in [0.2, 0.25) is 5.02 Å². The summed E-state index contributed by atoms with van der Waals surface area (Å²) < 4.78 is 5.48. The lowest BCUT2D eigenvalue weighted by Crippen LogP contribution is -2.51. The number of aromatic amines is 1. The minimum atomic E-state index is -0.849. The molecule has 3 atom stereocenters. The van der Waals surface area contributed by atoms with Crippen molar-refractivity contribution in [3.8, 4) is 11.4 Å². The second-order valence-corrected chi connectivity index (χ2v) is 11.3. The zero-order valence-corrected chi connectivity index (χ0v) is 22.5. The number of carbonyl (C=O) groups is 2. The second kappa shape index (κ2) is 10.8. The molecule has 2 aromatic rings. The lowest BCUT2D eigenvalue weighted by molar-refractivity contribution is -0.137. The molecule has 2 amide bonds. The van der Waals surface area contributed by atoms with Crippen molar-refractivity contribution in [1.82, 2.24) is 19.8 Å². The Labute approximate surface area is 221 Å². The van der Waals surface area contributed by atoms with Gasteiger partial charge in [0.2, 0.25) is 5.91 Å². The van der Waals surface area contributed by atoms with Crippen molar-refractivity contribution in [1.29, 1.82) is 0 Å². The molecule has 0 saturated carbocycles. The van der Waals surface area contributed by atoms with Crippen LogP contribution in [0, 0.1) is 0 Å². The summed E-state index contributed by atoms with van der Waals surface area (Å²) in [5.74, 6) is 0.0507. The van der Waals surface area contributed by atoms with Crippen LogP contribution in [0.25, 0.3) is 11.4 Å². The zero-order chi connectivity index (χ0) is 26.9. The van der Waals surface area contributed by atoms with Crippen LogP contribution >= 0.6 is 11.6 Å². The standard InChI is InChI=1S/C27H35ClN4O5/c1-5-6-7-17-13-31(25(35)21-12-19(33)14-32(21)26(36)37-27(2,3)4)15-20-22(17)29-23(30-24(20)34)16-8-10-18(28)11-9-16/h8-11,17,19,21,33H,5-7,12-15H2,1-4H3,(H,29,30,34)/t17?,19-,21+/m0/s1. The van der Waals surface area contributed by atoms with E-state index in [9.17, 15) is 19.5 Å². The second-order valence-electron chi connectivity index (χ2n) is 10.9. The third-order valence-corrected chi connectivity index (χ3v) is 7.00. The summed E-state index contributed by atoms with van der Waals surface area (Å²) in [6.07, 6.45) is 1.34. The van der Waals surface area contributed by atoms with E-state index in [-0.39, 0.29) is 36.9 Å². The number of β-amino-alcohol motifs (C(OH)–C–C–N with tert-alkyl or cyclic N) is 1. The number of rotatable bonds is 5. The molecule has 0 aliphatic carbocycles. The molecule has 4 rings (SSSR count). The van der Waals surface area contributed by atoms with E-state index in [0.717, 1.165) is 24.8 Å². The van der Waals surface area contributed by atoms with E-state index in [4.69, 9.17) is 21.3 Å². The summed E-state index contributed by atoms with van der Waals surface area (Å²) in [4.78, 5) is 50.4. The van der Waals surface area contributed by atoms with Gasteiger partial charge in [0.1, 0.15) is 17.5 Å². The molecule has 1 aromatic carbocycles. The van der Waals surface area contributed by atoms with Gasteiger partial charge in [-0.2, -0.15) is 0 Å². The predicted octanol–water partition coefficient (Wildman–Crippen LogP) is 4.08. The van der Waals surface area contributed by atoms with Crippen molar-refractivity contribution >= 4 is 23.6 Å². The number of benzene rings is 1. The zero-order valence-electron chi connectivity index (χ0n) is 21.8. The van der Waals surface area contributed by atoms with Gasteiger partial charge in [-0.25, -0.2) is 9.78 Å². The molecule has 1 aromatic heterocycles. The fourth-order valence-electron chi connectivity index (χ4n) is 4.99. The summed E-state index contributed by atoms with van der Waals surface area (Å²) >= 11 is 6.02. The van der Waals surface area contributed by atoms with Gasteiger partial charge in [-0.05, 0) is 51.5 Å². The number of carbonyl (C=O) groups excluding carboxylic acids is 2. The number of ether oxygens (including phenoxy) is 1. The number of aliphatic hydroxyl groups is 1. The van der Waals surface area contributed by atoms with E-state index < -0.39 is 23.8 Å². The van der Waals surface area contributed by atoms with E-state index >= 15 is 0 Å². The highest BCUT2D eigenvalue weighted by Crippen LogP contribution is 2.32. The van der Waals surface area contributed by atoms with Gasteiger partial charge in [0.15, 0.2) is 0 Å². The maximum atomic E-state index is 13.7. The highest BCUT2D eigenvalue weighted by molar-refractivity contribution is 6.30. The van der Waals surface area contributed by atoms with Crippen molar-refractivity contribution in [2.45, 2.75) is 83.6 Å². The van der Waals surface area contributed by atoms with Gasteiger partial charge in [-0.1, -0.05) is 31.4 Å². The molecule has 3 heterocycles. The van der Waals surface area contributed by atoms with Crippen LogP contribution in [0.5, 0.6) is 0 Å². The number of fused-ring (bicyclic) bond motifs is 1. The molecule has 0 spiro atoms. The number of likely N-dealkylation sites (tertiary alicyclic amines) is 1. The van der Waals surface area contributed by atoms with Crippen LogP contribution < -0.4 is 5.56 Å². The predicted molar refractivity (Wildman–Crippen MR) is 140 cm³/mol. The van der Waals surface area contributed by atoms with E-state index in [1.54, 1.807) is 37.8 Å². The first-order valence-corrected chi connectivity index (χ1v) is 13.2. The first-order chi connectivity index (χ1) is 17.5. The van der Waals surface area contributed by atoms with Crippen LogP contribution in [0.3, 0.4) is 0 Å². The summed E-state index contributed by atoms with van der Waals surface area (Å²) in [7, 11) is 0. The van der Waals surface area contributed by atoms with Crippen molar-refractivity contribution in [3.05, 3.63) is 50.9 Å². The van der Waals surface area contributed by atoms with Crippen LogP contribution in [0.4, 0.5) is 4.79 Å². The number of halogens is 1. The van der Waals surface area contributed by atoms with Gasteiger partial charge >= 0.3 is 6.09 Å². The lowest BCUT2D eigenvalue weighted by Gasteiger charge is -2.36. The van der Waals surface area contributed by atoms with Crippen molar-refractivity contribution < 1.29 is 19.4 Å². The molecular formula is C27H35ClN4O5. The molecule has 1 fully saturated rings. The van der Waals surface area contributed by atoms with Crippen LogP contribution in [0.1, 0.15) is 70.6 Å². The highest BCUT2D eigenvalue weighted by atomic mass is 35.5. The Morgan fingerprint density at radius 2 is 1.92 bits per heavy atom. The SMILES string of the molecule is CCCCC1CN(C(=O)[C@H]2C[C@H](O)CN2C(=O)OC(C)(C)C)Cc2c1nc(-c1ccc(Cl)cc1)[nH]c2=O. The quantitative estimate of drug-likeness (QED) is 0.602. The molecule has 2 N–H and O–H groups in total. The minimum absolute atomic E-state index is 0.0294. The molecule has 0 bridgehead atoms. The van der Waals surface area contributed by atoms with Gasteiger partial charge in [-0.3, -0.25) is 14.5 Å². The fraction of sp³-hybridized carbons (Fsp3) is 0.556. The minimum Gasteiger partial charge on any atom is -0.444 e. The molecule has 2 aliphatic rings. The summed E-state index contributed by atoms with van der Waals surface area (Å²) in [5, 5.41) is 10.9. The first kappa shape index (κ1) is 27.1. The molecule has 0 radical (unpaired) electrons. The maximum absolute atomic E-state index is 13.7. The van der Waals surface area contributed by atoms with Crippen molar-refractivity contribution in [2.75, 3.05) is 13.1 Å². The summed E-state index contributed by atoms with van der Waals surface area (Å²) in [5.41, 5.74) is 0.908. The molecule has 1 saturated heterocycles. The molecule has 2 aliphatic heterocycles. The Morgan fingerprint density at radius 1 is 1.22 bits per heavy atom. The molecule has 9 nitrogen and oxygen atoms in total. The van der Waals surface area contributed by atoms with Crippen LogP contribution in [0.15, 0.2) is 29.1 Å². The number of hydrogen-bond donors (Lipinski definition) is 2. The average Bonchev–Trinajstić information content (AvgIpc) is 3.23. The van der Waals surface area contributed by atoms with Gasteiger partial charge in [-0.15, -0.1) is 0 Å². The molecular weight excluding hydrogens is 496 g/mol. The largest absolute Gasteiger partial charge is 0.444 e. The Bertz CT molecular complexity index is 1210. The Hall–Kier alpha value is -2.91. The smallest absolute Gasteiger partial charge is 0.411 e. The van der Waals surface area contributed by atoms with Crippen molar-refractivity contribution in [2.24, 2.45) is 0 Å². The number of aromatic nitrogens is 2. The number of nitrogens with zero attached hydrogens (tertiary/aromatic N) is 3. The van der Waals surface area contributed by atoms with Gasteiger partial charge in [0, 0.05) is 29.5 Å². The van der Waals surface area contributed by atoms with Crippen LogP contribution in [-0.4, -0.2) is 67.7 Å². The lowest BCUT2D eigenvalue weighted by atomic mass is 9.90. The Balaban J connectivity index is 1.64. The van der Waals surface area contributed by atoms with E-state index in [2.05, 4.69) is 11.9 Å². The van der Waals surface area contributed by atoms with Crippen molar-refractivity contribution in [3.63, 3.8) is 0 Å². The number of nitrogens with one attached hydrogen (secondary N) is 1. The van der Waals surface area contributed by atoms with Gasteiger partial charge in [0.05, 0.1) is 30.5 Å². The average molecular weight is 531 g/mol. The summed E-state index contributed by atoms with van der Waals surface area (Å²) in [6, 6.07) is 6.26. The first-order valence-electron chi connectivity index (χ1n) is 12.8. The third kappa shape index (κ3) is 6.15. The Morgan fingerprint density at radius 3 is 2.57 bits per heavy atom. The molecule has 200 valence electrons. The third-order valence-electron chi connectivity index (χ3n) is 6.75. The molecule has 1 unspecified atom stereocenters. The number of H-pyrrole nitrogens is 1. The van der Waals surface area contributed by atoms with Crippen LogP contribution in [-0.2, 0) is 16.1 Å². The normalized spacial score (nSPS) is 21.6. The molecule has 10 heteroatoms. The number of amides is 2. The maximum Gasteiger partial charge on any atom is 0.411 e. The number of aliphatic hydroxyl groups excluding tert-OH is 1. The van der Waals surface area contributed by atoms with E-state index in [0.29, 0.717) is 28.6 Å². The number of unbranched alkanes of at least 4 members (excludes halogenated alkanes) is 1. The monoisotopic (exact) mass is 530 g/mol. The number of hydrogen-bond acceptors (Lipinski definition) is 6. The van der Waals surface area contributed by atoms with E-state index in [1.807, 2.05) is 12.1 Å².